The maximum Gasteiger partial charge on any atom is 0.257 e. The van der Waals surface area contributed by atoms with Crippen LogP contribution in [0.15, 0.2) is 94.9 Å². The van der Waals surface area contributed by atoms with Gasteiger partial charge in [-0.1, -0.05) is 90.5 Å². The van der Waals surface area contributed by atoms with Crippen LogP contribution in [0.2, 0.25) is 5.02 Å². The van der Waals surface area contributed by atoms with Crippen molar-refractivity contribution >= 4 is 29.3 Å². The summed E-state index contributed by atoms with van der Waals surface area (Å²) in [5.41, 5.74) is 2.11. The van der Waals surface area contributed by atoms with E-state index in [0.717, 1.165) is 11.1 Å². The molecule has 26 heavy (non-hydrogen) atoms. The first kappa shape index (κ1) is 16.4. The highest BCUT2D eigenvalue weighted by Gasteiger charge is 2.41. The van der Waals surface area contributed by atoms with Crippen LogP contribution < -0.4 is 0 Å². The third kappa shape index (κ3) is 2.76. The van der Waals surface area contributed by atoms with Crippen LogP contribution >= 0.6 is 11.6 Å². The van der Waals surface area contributed by atoms with Crippen molar-refractivity contribution in [2.24, 2.45) is 9.98 Å². The zero-order valence-electron chi connectivity index (χ0n) is 13.8. The van der Waals surface area contributed by atoms with Gasteiger partial charge in [0.25, 0.3) is 6.29 Å². The van der Waals surface area contributed by atoms with Crippen LogP contribution in [0.1, 0.15) is 16.7 Å². The van der Waals surface area contributed by atoms with Gasteiger partial charge in [0.1, 0.15) is 0 Å². The first-order chi connectivity index (χ1) is 12.7. The summed E-state index contributed by atoms with van der Waals surface area (Å²) in [7, 11) is 0. The lowest BCUT2D eigenvalue weighted by molar-refractivity contribution is 0.505. The molecule has 1 aliphatic heterocycles. The second kappa shape index (κ2) is 6.70. The molecule has 0 spiro atoms. The topological polar surface area (TPSA) is 41.8 Å². The van der Waals surface area contributed by atoms with Crippen LogP contribution in [-0.2, 0) is 10.5 Å². The molecule has 125 valence electrons. The summed E-state index contributed by atoms with van der Waals surface area (Å²) >= 11 is 6.34. The second-order valence-electron chi connectivity index (χ2n) is 5.91. The molecule has 0 amide bonds. The van der Waals surface area contributed by atoms with Gasteiger partial charge in [-0.15, -0.1) is 0 Å². The van der Waals surface area contributed by atoms with Gasteiger partial charge in [-0.2, -0.15) is 0 Å². The Balaban J connectivity index is 1.97. The van der Waals surface area contributed by atoms with E-state index in [-0.39, 0.29) is 0 Å². The molecule has 1 heterocycles. The van der Waals surface area contributed by atoms with Crippen molar-refractivity contribution in [2.45, 2.75) is 5.66 Å². The van der Waals surface area contributed by atoms with Crippen molar-refractivity contribution in [3.8, 4) is 0 Å². The Bertz CT molecular complexity index is 955. The maximum atomic E-state index is 12.0. The van der Waals surface area contributed by atoms with Gasteiger partial charge in [-0.05, 0) is 6.07 Å². The van der Waals surface area contributed by atoms with E-state index in [1.54, 1.807) is 12.1 Å². The Labute approximate surface area is 156 Å². The Morgan fingerprint density at radius 3 is 1.62 bits per heavy atom. The van der Waals surface area contributed by atoms with Gasteiger partial charge >= 0.3 is 0 Å². The molecule has 3 aromatic rings. The molecule has 3 aromatic carbocycles. The lowest BCUT2D eigenvalue weighted by Gasteiger charge is -2.16. The van der Waals surface area contributed by atoms with Gasteiger partial charge in [-0.3, -0.25) is 4.79 Å². The number of hydrogen-bond donors (Lipinski definition) is 0. The predicted octanol–water partition coefficient (Wildman–Crippen LogP) is 4.59. The highest BCUT2D eigenvalue weighted by molar-refractivity contribution is 6.55. The Morgan fingerprint density at radius 1 is 0.692 bits per heavy atom. The van der Waals surface area contributed by atoms with E-state index >= 15 is 0 Å². The third-order valence-electron chi connectivity index (χ3n) is 4.26. The number of benzene rings is 3. The largest absolute Gasteiger partial charge is 0.285 e. The summed E-state index contributed by atoms with van der Waals surface area (Å²) in [6.07, 6.45) is 2.02. The van der Waals surface area contributed by atoms with E-state index in [9.17, 15) is 4.79 Å². The minimum Gasteiger partial charge on any atom is -0.285 e. The first-order valence-electron chi connectivity index (χ1n) is 8.19. The molecular formula is C22H14ClN2O. The molecule has 1 aliphatic rings. The predicted molar refractivity (Wildman–Crippen MR) is 105 cm³/mol. The molecule has 0 fully saturated rings. The summed E-state index contributed by atoms with van der Waals surface area (Å²) in [6, 6.07) is 26.5. The molecule has 0 atom stereocenters. The van der Waals surface area contributed by atoms with Crippen LogP contribution in [0.3, 0.4) is 0 Å². The molecule has 4 heteroatoms. The maximum absolute atomic E-state index is 12.0. The summed E-state index contributed by atoms with van der Waals surface area (Å²) in [5, 5.41) is 0.435. The average molecular weight is 358 g/mol. The summed E-state index contributed by atoms with van der Waals surface area (Å²) in [4.78, 5) is 21.4. The van der Waals surface area contributed by atoms with Gasteiger partial charge in [0.2, 0.25) is 5.66 Å². The fourth-order valence-electron chi connectivity index (χ4n) is 3.01. The fraction of sp³-hybridized carbons (Fsp3) is 0.0455. The van der Waals surface area contributed by atoms with Crippen LogP contribution in [0.4, 0.5) is 0 Å². The second-order valence-corrected chi connectivity index (χ2v) is 6.31. The van der Waals surface area contributed by atoms with Crippen LogP contribution in [0, 0.1) is 0 Å². The summed E-state index contributed by atoms with van der Waals surface area (Å²) < 4.78 is 0. The molecule has 0 N–H and O–H groups in total. The van der Waals surface area contributed by atoms with Crippen LogP contribution in [-0.4, -0.2) is 17.7 Å². The standard InChI is InChI=1S/C22H14ClN2O/c23-19-14-8-7-13-18(19)22(15-26)24-20(16-9-3-1-4-10-16)21(25-22)17-11-5-2-6-12-17/h1-14H. The monoisotopic (exact) mass is 357 g/mol. The molecule has 0 unspecified atom stereocenters. The summed E-state index contributed by atoms with van der Waals surface area (Å²) in [5.74, 6) is 0. The van der Waals surface area contributed by atoms with Gasteiger partial charge in [0.05, 0.1) is 11.4 Å². The lowest BCUT2D eigenvalue weighted by atomic mass is 10.0. The van der Waals surface area contributed by atoms with E-state index in [1.165, 1.54) is 0 Å². The van der Waals surface area contributed by atoms with Gasteiger partial charge in [0, 0.05) is 21.7 Å². The SMILES string of the molecule is O=[C]C1(c2ccccc2Cl)N=C(c2ccccc2)C(c2ccccc2)=N1. The van der Waals surface area contributed by atoms with Crippen molar-refractivity contribution in [2.75, 3.05) is 0 Å². The number of carbonyl (C=O) groups excluding carboxylic acids is 1. The number of hydrogen-bond acceptors (Lipinski definition) is 3. The zero-order valence-corrected chi connectivity index (χ0v) is 14.5. The molecule has 0 aliphatic carbocycles. The third-order valence-corrected chi connectivity index (χ3v) is 4.59. The summed E-state index contributed by atoms with van der Waals surface area (Å²) in [6.45, 7) is 0. The highest BCUT2D eigenvalue weighted by atomic mass is 35.5. The number of aliphatic imine (C=N–C) groups is 2. The fourth-order valence-corrected chi connectivity index (χ4v) is 3.28. The van der Waals surface area contributed by atoms with E-state index < -0.39 is 5.66 Å². The average Bonchev–Trinajstić information content (AvgIpc) is 3.11. The van der Waals surface area contributed by atoms with Crippen LogP contribution in [0.25, 0.3) is 0 Å². The molecular weight excluding hydrogens is 344 g/mol. The Kier molecular flexibility index (Phi) is 4.23. The first-order valence-corrected chi connectivity index (χ1v) is 8.56. The Hall–Kier alpha value is -3.04. The number of rotatable bonds is 4. The minimum absolute atomic E-state index is 0.435. The van der Waals surface area contributed by atoms with Crippen molar-refractivity contribution in [1.29, 1.82) is 0 Å². The normalized spacial score (nSPS) is 15.3. The molecule has 4 rings (SSSR count). The van der Waals surface area contributed by atoms with E-state index in [4.69, 9.17) is 21.6 Å². The molecule has 0 aromatic heterocycles. The minimum atomic E-state index is -1.49. The van der Waals surface area contributed by atoms with Crippen LogP contribution in [0.5, 0.6) is 0 Å². The molecule has 1 radical (unpaired) electrons. The smallest absolute Gasteiger partial charge is 0.257 e. The van der Waals surface area contributed by atoms with Crippen molar-refractivity contribution in [3.63, 3.8) is 0 Å². The molecule has 0 saturated heterocycles. The molecule has 3 nitrogen and oxygen atoms in total. The van der Waals surface area contributed by atoms with E-state index in [0.29, 0.717) is 22.0 Å². The Morgan fingerprint density at radius 2 is 1.15 bits per heavy atom. The molecule has 0 saturated carbocycles. The van der Waals surface area contributed by atoms with Gasteiger partial charge in [-0.25, -0.2) is 9.98 Å². The lowest BCUT2D eigenvalue weighted by Crippen LogP contribution is -2.21. The number of halogens is 1. The zero-order chi connectivity index (χ0) is 18.0. The van der Waals surface area contributed by atoms with E-state index in [1.807, 2.05) is 79.1 Å². The number of nitrogens with zero attached hydrogens (tertiary/aromatic N) is 2. The van der Waals surface area contributed by atoms with Crippen molar-refractivity contribution in [3.05, 3.63) is 107 Å². The van der Waals surface area contributed by atoms with Gasteiger partial charge in [0.15, 0.2) is 0 Å². The van der Waals surface area contributed by atoms with E-state index in [2.05, 4.69) is 0 Å². The van der Waals surface area contributed by atoms with Crippen molar-refractivity contribution in [1.82, 2.24) is 0 Å². The van der Waals surface area contributed by atoms with Gasteiger partial charge < -0.3 is 0 Å². The molecule has 0 bridgehead atoms. The quantitative estimate of drug-likeness (QED) is 0.673. The highest BCUT2D eigenvalue weighted by Crippen LogP contribution is 2.36. The van der Waals surface area contributed by atoms with Crippen molar-refractivity contribution < 1.29 is 4.79 Å².